The molecule has 0 aromatic heterocycles. The molecule has 1 atom stereocenters. The highest BCUT2D eigenvalue weighted by Crippen LogP contribution is 2.10. The standard InChI is InChI=1S/C13H27N/c1-4-6-7-8-9-10-12-13(14-3)11-5-2/h5,13-14H,2,4,6-12H2,1,3H3. The first-order valence-electron chi connectivity index (χ1n) is 6.13. The molecule has 0 aromatic carbocycles. The molecule has 0 heterocycles. The van der Waals surface area contributed by atoms with Crippen molar-refractivity contribution in [3.05, 3.63) is 12.7 Å². The lowest BCUT2D eigenvalue weighted by Gasteiger charge is -2.13. The summed E-state index contributed by atoms with van der Waals surface area (Å²) in [5.41, 5.74) is 0. The minimum atomic E-state index is 0.652. The van der Waals surface area contributed by atoms with Crippen molar-refractivity contribution in [1.29, 1.82) is 0 Å². The number of unbranched alkanes of at least 4 members (excludes halogenated alkanes) is 5. The van der Waals surface area contributed by atoms with Crippen LogP contribution in [-0.2, 0) is 0 Å². The Morgan fingerprint density at radius 1 is 1.14 bits per heavy atom. The van der Waals surface area contributed by atoms with Gasteiger partial charge in [-0.05, 0) is 19.9 Å². The predicted molar refractivity (Wildman–Crippen MR) is 65.7 cm³/mol. The third kappa shape index (κ3) is 8.31. The molecule has 0 aromatic rings. The van der Waals surface area contributed by atoms with Crippen molar-refractivity contribution < 1.29 is 0 Å². The van der Waals surface area contributed by atoms with Gasteiger partial charge in [0.05, 0.1) is 0 Å². The van der Waals surface area contributed by atoms with Crippen LogP contribution in [0.3, 0.4) is 0 Å². The Balaban J connectivity index is 3.19. The van der Waals surface area contributed by atoms with E-state index in [9.17, 15) is 0 Å². The third-order valence-corrected chi connectivity index (χ3v) is 2.77. The van der Waals surface area contributed by atoms with E-state index in [4.69, 9.17) is 0 Å². The maximum absolute atomic E-state index is 3.78. The van der Waals surface area contributed by atoms with Crippen LogP contribution < -0.4 is 5.32 Å². The van der Waals surface area contributed by atoms with Crippen LogP contribution in [-0.4, -0.2) is 13.1 Å². The maximum Gasteiger partial charge on any atom is 0.00984 e. The van der Waals surface area contributed by atoms with Crippen molar-refractivity contribution in [2.75, 3.05) is 7.05 Å². The topological polar surface area (TPSA) is 12.0 Å². The van der Waals surface area contributed by atoms with Crippen molar-refractivity contribution in [2.24, 2.45) is 0 Å². The van der Waals surface area contributed by atoms with Gasteiger partial charge in [0, 0.05) is 6.04 Å². The molecule has 0 rings (SSSR count). The van der Waals surface area contributed by atoms with Gasteiger partial charge < -0.3 is 5.32 Å². The maximum atomic E-state index is 3.78. The van der Waals surface area contributed by atoms with E-state index in [0.29, 0.717) is 6.04 Å². The largest absolute Gasteiger partial charge is 0.317 e. The van der Waals surface area contributed by atoms with Gasteiger partial charge in [0.25, 0.3) is 0 Å². The van der Waals surface area contributed by atoms with Crippen LogP contribution in [0.5, 0.6) is 0 Å². The Hall–Kier alpha value is -0.300. The quantitative estimate of drug-likeness (QED) is 0.414. The zero-order chi connectivity index (χ0) is 10.6. The summed E-state index contributed by atoms with van der Waals surface area (Å²) in [6.45, 7) is 6.04. The summed E-state index contributed by atoms with van der Waals surface area (Å²) in [7, 11) is 2.05. The number of nitrogens with one attached hydrogen (secondary N) is 1. The number of rotatable bonds is 10. The van der Waals surface area contributed by atoms with E-state index in [-0.39, 0.29) is 0 Å². The molecule has 0 radical (unpaired) electrons. The summed E-state index contributed by atoms with van der Waals surface area (Å²) in [6, 6.07) is 0.652. The van der Waals surface area contributed by atoms with Crippen LogP contribution in [0.1, 0.15) is 58.3 Å². The second kappa shape index (κ2) is 10.8. The molecule has 0 aliphatic carbocycles. The van der Waals surface area contributed by atoms with Crippen LogP contribution in [0.4, 0.5) is 0 Å². The summed E-state index contributed by atoms with van der Waals surface area (Å²) in [5, 5.41) is 3.33. The van der Waals surface area contributed by atoms with Crippen molar-refractivity contribution in [3.8, 4) is 0 Å². The zero-order valence-corrected chi connectivity index (χ0v) is 10.0. The van der Waals surface area contributed by atoms with E-state index >= 15 is 0 Å². The Labute approximate surface area is 90.0 Å². The lowest BCUT2D eigenvalue weighted by atomic mass is 10.0. The van der Waals surface area contributed by atoms with Gasteiger partial charge in [-0.2, -0.15) is 0 Å². The molecule has 0 amide bonds. The van der Waals surface area contributed by atoms with E-state index in [1.807, 2.05) is 13.1 Å². The molecule has 0 spiro atoms. The third-order valence-electron chi connectivity index (χ3n) is 2.77. The highest BCUT2D eigenvalue weighted by molar-refractivity contribution is 4.76. The summed E-state index contributed by atoms with van der Waals surface area (Å²) < 4.78 is 0. The molecule has 1 nitrogen and oxygen atoms in total. The first-order valence-corrected chi connectivity index (χ1v) is 6.13. The van der Waals surface area contributed by atoms with Crippen LogP contribution in [0.25, 0.3) is 0 Å². The lowest BCUT2D eigenvalue weighted by molar-refractivity contribution is 0.485. The minimum Gasteiger partial charge on any atom is -0.317 e. The van der Waals surface area contributed by atoms with E-state index in [1.165, 1.54) is 44.9 Å². The molecule has 0 saturated heterocycles. The molecule has 84 valence electrons. The van der Waals surface area contributed by atoms with Crippen LogP contribution >= 0.6 is 0 Å². The van der Waals surface area contributed by atoms with Gasteiger partial charge in [0.1, 0.15) is 0 Å². The molecular formula is C13H27N. The fourth-order valence-electron chi connectivity index (χ4n) is 1.75. The summed E-state index contributed by atoms with van der Waals surface area (Å²) >= 11 is 0. The van der Waals surface area contributed by atoms with Crippen molar-refractivity contribution in [2.45, 2.75) is 64.3 Å². The average Bonchev–Trinajstić information content (AvgIpc) is 2.21. The van der Waals surface area contributed by atoms with Crippen LogP contribution in [0, 0.1) is 0 Å². The highest BCUT2D eigenvalue weighted by Gasteiger charge is 2.02. The van der Waals surface area contributed by atoms with Gasteiger partial charge >= 0.3 is 0 Å². The van der Waals surface area contributed by atoms with Crippen molar-refractivity contribution >= 4 is 0 Å². The summed E-state index contributed by atoms with van der Waals surface area (Å²) in [6.07, 6.45) is 12.8. The average molecular weight is 197 g/mol. The Bertz CT molecular complexity index is 120. The van der Waals surface area contributed by atoms with Crippen LogP contribution in [0.15, 0.2) is 12.7 Å². The number of hydrogen-bond donors (Lipinski definition) is 1. The first kappa shape index (κ1) is 13.7. The molecule has 0 fully saturated rings. The second-order valence-corrected chi connectivity index (χ2v) is 4.07. The smallest absolute Gasteiger partial charge is 0.00984 e. The zero-order valence-electron chi connectivity index (χ0n) is 10.0. The fraction of sp³-hybridized carbons (Fsp3) is 0.846. The molecule has 1 N–H and O–H groups in total. The van der Waals surface area contributed by atoms with Gasteiger partial charge in [-0.1, -0.05) is 51.5 Å². The highest BCUT2D eigenvalue weighted by atomic mass is 14.9. The van der Waals surface area contributed by atoms with Gasteiger partial charge in [-0.25, -0.2) is 0 Å². The Morgan fingerprint density at radius 2 is 1.79 bits per heavy atom. The monoisotopic (exact) mass is 197 g/mol. The van der Waals surface area contributed by atoms with E-state index in [1.54, 1.807) is 0 Å². The first-order chi connectivity index (χ1) is 6.85. The van der Waals surface area contributed by atoms with Gasteiger partial charge in [-0.3, -0.25) is 0 Å². The Kier molecular flexibility index (Phi) is 10.5. The molecule has 0 aliphatic heterocycles. The molecule has 14 heavy (non-hydrogen) atoms. The molecular weight excluding hydrogens is 170 g/mol. The number of hydrogen-bond acceptors (Lipinski definition) is 1. The van der Waals surface area contributed by atoms with Gasteiger partial charge in [-0.15, -0.1) is 6.58 Å². The van der Waals surface area contributed by atoms with E-state index in [2.05, 4.69) is 18.8 Å². The lowest BCUT2D eigenvalue weighted by Crippen LogP contribution is -2.24. The normalized spacial score (nSPS) is 12.7. The molecule has 1 heteroatoms. The fourth-order valence-corrected chi connectivity index (χ4v) is 1.75. The molecule has 0 saturated carbocycles. The molecule has 1 unspecified atom stereocenters. The molecule has 0 aliphatic rings. The van der Waals surface area contributed by atoms with Crippen molar-refractivity contribution in [1.82, 2.24) is 5.32 Å². The van der Waals surface area contributed by atoms with E-state index in [0.717, 1.165) is 6.42 Å². The van der Waals surface area contributed by atoms with E-state index < -0.39 is 0 Å². The Morgan fingerprint density at radius 3 is 2.36 bits per heavy atom. The SMILES string of the molecule is C=CCC(CCCCCCCC)NC. The predicted octanol–water partition coefficient (Wildman–Crippen LogP) is 3.90. The minimum absolute atomic E-state index is 0.652. The van der Waals surface area contributed by atoms with Gasteiger partial charge in [0.15, 0.2) is 0 Å². The summed E-state index contributed by atoms with van der Waals surface area (Å²) in [5.74, 6) is 0. The summed E-state index contributed by atoms with van der Waals surface area (Å²) in [4.78, 5) is 0. The second-order valence-electron chi connectivity index (χ2n) is 4.07. The van der Waals surface area contributed by atoms with Crippen LogP contribution in [0.2, 0.25) is 0 Å². The molecule has 0 bridgehead atoms. The van der Waals surface area contributed by atoms with Gasteiger partial charge in [0.2, 0.25) is 0 Å². The van der Waals surface area contributed by atoms with Crippen molar-refractivity contribution in [3.63, 3.8) is 0 Å².